The lowest BCUT2D eigenvalue weighted by atomic mass is 9.70. The average Bonchev–Trinajstić information content (AvgIpc) is 3.22. The van der Waals surface area contributed by atoms with E-state index in [-0.39, 0.29) is 19.1 Å². The number of hydrogen-bond donors (Lipinski definition) is 1. The number of nitrogens with two attached hydrogens (primary N) is 1. The van der Waals surface area contributed by atoms with E-state index in [9.17, 15) is 22.8 Å². The first-order valence-corrected chi connectivity index (χ1v) is 11.2. The first kappa shape index (κ1) is 24.4. The molecule has 2 amide bonds. The van der Waals surface area contributed by atoms with Crippen molar-refractivity contribution < 1.29 is 27.5 Å². The normalized spacial score (nSPS) is 19.4. The molecule has 2 saturated heterocycles. The Morgan fingerprint density at radius 1 is 1.14 bits per heavy atom. The van der Waals surface area contributed by atoms with E-state index >= 15 is 0 Å². The second-order valence-electron chi connectivity index (χ2n) is 9.02. The first-order chi connectivity index (χ1) is 16.6. The Morgan fingerprint density at radius 2 is 1.83 bits per heavy atom. The number of halogens is 3. The van der Waals surface area contributed by atoms with Gasteiger partial charge in [-0.05, 0) is 43.2 Å². The number of ether oxygens (including phenoxy) is 1. The lowest BCUT2D eigenvalue weighted by Gasteiger charge is -2.42. The van der Waals surface area contributed by atoms with Crippen LogP contribution < -0.4 is 15.4 Å². The summed E-state index contributed by atoms with van der Waals surface area (Å²) in [6.07, 6.45) is -3.65. The smallest absolute Gasteiger partial charge is 0.417 e. The predicted molar refractivity (Wildman–Crippen MR) is 121 cm³/mol. The molecule has 1 atom stereocenters. The molecule has 2 aromatic rings. The van der Waals surface area contributed by atoms with Gasteiger partial charge >= 0.3 is 6.18 Å². The van der Waals surface area contributed by atoms with E-state index in [1.54, 1.807) is 35.2 Å². The molecule has 35 heavy (non-hydrogen) atoms. The van der Waals surface area contributed by atoms with Crippen molar-refractivity contribution in [3.63, 3.8) is 0 Å². The van der Waals surface area contributed by atoms with Gasteiger partial charge < -0.3 is 20.3 Å². The minimum absolute atomic E-state index is 0.164. The number of carbonyl (C=O) groups excluding carboxylic acids is 2. The van der Waals surface area contributed by atoms with Crippen LogP contribution in [0.15, 0.2) is 48.5 Å². The van der Waals surface area contributed by atoms with Crippen molar-refractivity contribution in [1.82, 2.24) is 4.90 Å². The van der Waals surface area contributed by atoms with Gasteiger partial charge in [-0.2, -0.15) is 18.4 Å². The highest BCUT2D eigenvalue weighted by Crippen LogP contribution is 2.46. The molecule has 10 heteroatoms. The molecule has 7 nitrogen and oxygen atoms in total. The number of nitrogens with zero attached hydrogens (tertiary/aromatic N) is 3. The highest BCUT2D eigenvalue weighted by Gasteiger charge is 2.51. The number of hydrogen-bond acceptors (Lipinski definition) is 5. The fourth-order valence-electron chi connectivity index (χ4n) is 5.08. The summed E-state index contributed by atoms with van der Waals surface area (Å²) < 4.78 is 45.7. The van der Waals surface area contributed by atoms with E-state index in [1.807, 2.05) is 11.0 Å². The van der Waals surface area contributed by atoms with Crippen LogP contribution >= 0.6 is 0 Å². The van der Waals surface area contributed by atoms with Gasteiger partial charge in [0.15, 0.2) is 6.61 Å². The van der Waals surface area contributed by atoms with Crippen molar-refractivity contribution in [2.75, 3.05) is 37.7 Å². The number of benzene rings is 2. The summed E-state index contributed by atoms with van der Waals surface area (Å²) in [4.78, 5) is 28.5. The first-order valence-electron chi connectivity index (χ1n) is 11.2. The van der Waals surface area contributed by atoms with Crippen LogP contribution in [-0.2, 0) is 15.8 Å². The number of alkyl halides is 3. The molecular formula is C25H25F3N4O3. The van der Waals surface area contributed by atoms with Crippen molar-refractivity contribution in [3.8, 4) is 11.8 Å². The molecule has 0 radical (unpaired) electrons. The third-order valence-electron chi connectivity index (χ3n) is 7.00. The SMILES string of the molecule is N#Cc1ccc(N2CCC3(CC2)CN(C(=O)COc2ccccc2)CC3C(N)=O)cc1C(F)(F)F. The van der Waals surface area contributed by atoms with Crippen molar-refractivity contribution in [2.45, 2.75) is 19.0 Å². The van der Waals surface area contributed by atoms with Crippen LogP contribution in [-0.4, -0.2) is 49.5 Å². The van der Waals surface area contributed by atoms with Gasteiger partial charge in [0.1, 0.15) is 5.75 Å². The summed E-state index contributed by atoms with van der Waals surface area (Å²) in [5.74, 6) is -0.719. The molecule has 2 N–H and O–H groups in total. The molecule has 4 rings (SSSR count). The van der Waals surface area contributed by atoms with Crippen molar-refractivity contribution in [1.29, 1.82) is 5.26 Å². The molecule has 0 aliphatic carbocycles. The van der Waals surface area contributed by atoms with Gasteiger partial charge in [-0.15, -0.1) is 0 Å². The number of rotatable bonds is 5. The van der Waals surface area contributed by atoms with E-state index in [4.69, 9.17) is 15.7 Å². The molecule has 1 spiro atoms. The monoisotopic (exact) mass is 486 g/mol. The lowest BCUT2D eigenvalue weighted by Crippen LogP contribution is -2.47. The van der Waals surface area contributed by atoms with Crippen molar-refractivity contribution in [3.05, 3.63) is 59.7 Å². The minimum Gasteiger partial charge on any atom is -0.484 e. The van der Waals surface area contributed by atoms with Crippen LogP contribution in [0, 0.1) is 22.7 Å². The van der Waals surface area contributed by atoms with Crippen LogP contribution in [0.3, 0.4) is 0 Å². The van der Waals surface area contributed by atoms with Gasteiger partial charge in [0, 0.05) is 37.3 Å². The van der Waals surface area contributed by atoms with Gasteiger partial charge in [0.05, 0.1) is 23.1 Å². The summed E-state index contributed by atoms with van der Waals surface area (Å²) in [6.45, 7) is 1.17. The lowest BCUT2D eigenvalue weighted by molar-refractivity contribution is -0.137. The van der Waals surface area contributed by atoms with Gasteiger partial charge in [0.25, 0.3) is 5.91 Å². The standard InChI is InChI=1S/C25H25F3N4O3/c26-25(27,28)20-12-18(7-6-17(20)13-29)31-10-8-24(9-11-31)16-32(14-21(24)23(30)34)22(33)15-35-19-4-2-1-3-5-19/h1-7,12,21H,8-11,14-16H2,(H2,30,34). The maximum atomic E-state index is 13.4. The quantitative estimate of drug-likeness (QED) is 0.700. The molecule has 184 valence electrons. The number of carbonyl (C=O) groups is 2. The number of primary amides is 1. The molecular weight excluding hydrogens is 461 g/mol. The molecule has 0 bridgehead atoms. The fourth-order valence-corrected chi connectivity index (χ4v) is 5.08. The van der Waals surface area contributed by atoms with E-state index in [0.717, 1.165) is 6.07 Å². The van der Waals surface area contributed by atoms with Gasteiger partial charge in [0.2, 0.25) is 5.91 Å². The Kier molecular flexibility index (Phi) is 6.61. The molecule has 0 saturated carbocycles. The van der Waals surface area contributed by atoms with Crippen molar-refractivity contribution in [2.24, 2.45) is 17.1 Å². The largest absolute Gasteiger partial charge is 0.484 e. The van der Waals surface area contributed by atoms with Crippen molar-refractivity contribution >= 4 is 17.5 Å². The van der Waals surface area contributed by atoms with Gasteiger partial charge in [-0.3, -0.25) is 9.59 Å². The van der Waals surface area contributed by atoms with Crippen LogP contribution in [0.2, 0.25) is 0 Å². The van der Waals surface area contributed by atoms with E-state index < -0.39 is 34.5 Å². The Labute approximate surface area is 200 Å². The number of amides is 2. The highest BCUT2D eigenvalue weighted by molar-refractivity contribution is 5.82. The van der Waals surface area contributed by atoms with E-state index in [2.05, 4.69) is 0 Å². The highest BCUT2D eigenvalue weighted by atomic mass is 19.4. The summed E-state index contributed by atoms with van der Waals surface area (Å²) >= 11 is 0. The van der Waals surface area contributed by atoms with Crippen LogP contribution in [0.25, 0.3) is 0 Å². The molecule has 1 unspecified atom stereocenters. The molecule has 2 aromatic carbocycles. The molecule has 2 heterocycles. The fraction of sp³-hybridized carbons (Fsp3) is 0.400. The zero-order valence-corrected chi connectivity index (χ0v) is 18.9. The van der Waals surface area contributed by atoms with E-state index in [0.29, 0.717) is 43.9 Å². The van der Waals surface area contributed by atoms with Gasteiger partial charge in [-0.1, -0.05) is 18.2 Å². The van der Waals surface area contributed by atoms with Crippen LogP contribution in [0.1, 0.15) is 24.0 Å². The second-order valence-corrected chi connectivity index (χ2v) is 9.02. The summed E-state index contributed by atoms with van der Waals surface area (Å²) in [6, 6.07) is 14.2. The maximum absolute atomic E-state index is 13.4. The van der Waals surface area contributed by atoms with Crippen LogP contribution in [0.4, 0.5) is 18.9 Å². The van der Waals surface area contributed by atoms with E-state index in [1.165, 1.54) is 12.1 Å². The molecule has 2 aliphatic rings. The number of nitriles is 1. The number of piperidine rings is 1. The number of likely N-dealkylation sites (tertiary alicyclic amines) is 1. The molecule has 2 fully saturated rings. The summed E-state index contributed by atoms with van der Waals surface area (Å²) in [7, 11) is 0. The maximum Gasteiger partial charge on any atom is 0.417 e. The average molecular weight is 486 g/mol. The third kappa shape index (κ3) is 5.04. The topological polar surface area (TPSA) is 99.7 Å². The zero-order valence-electron chi connectivity index (χ0n) is 18.9. The summed E-state index contributed by atoms with van der Waals surface area (Å²) in [5, 5.41) is 9.03. The second kappa shape index (κ2) is 9.49. The Bertz CT molecular complexity index is 1140. The number of para-hydroxylation sites is 1. The Morgan fingerprint density at radius 3 is 2.43 bits per heavy atom. The Balaban J connectivity index is 1.45. The van der Waals surface area contributed by atoms with Crippen LogP contribution in [0.5, 0.6) is 5.75 Å². The molecule has 2 aliphatic heterocycles. The Hall–Kier alpha value is -3.74. The van der Waals surface area contributed by atoms with Gasteiger partial charge in [-0.25, -0.2) is 0 Å². The molecule has 0 aromatic heterocycles. The third-order valence-corrected chi connectivity index (χ3v) is 7.00. The predicted octanol–water partition coefficient (Wildman–Crippen LogP) is 3.19. The minimum atomic E-state index is -4.64. The zero-order chi connectivity index (χ0) is 25.2. The summed E-state index contributed by atoms with van der Waals surface area (Å²) in [5.41, 5.74) is 4.13. The number of anilines is 1.